The molecule has 1 amide bonds. The number of hydrogen-bond acceptors (Lipinski definition) is 7. The Bertz CT molecular complexity index is 1070. The Morgan fingerprint density at radius 1 is 0.897 bits per heavy atom. The number of ether oxygens (including phenoxy) is 1. The zero-order chi connectivity index (χ0) is 28.6. The fourth-order valence-electron chi connectivity index (χ4n) is 4.21. The van der Waals surface area contributed by atoms with E-state index in [4.69, 9.17) is 15.2 Å². The number of benzene rings is 2. The molecule has 39 heavy (non-hydrogen) atoms. The molecule has 0 saturated heterocycles. The van der Waals surface area contributed by atoms with E-state index < -0.39 is 34.4 Å². The molecule has 0 bridgehead atoms. The third-order valence-electron chi connectivity index (χ3n) is 6.23. The summed E-state index contributed by atoms with van der Waals surface area (Å²) in [6, 6.07) is 7.68. The fourth-order valence-corrected chi connectivity index (χ4v) is 4.21. The van der Waals surface area contributed by atoms with E-state index in [0.29, 0.717) is 50.9 Å². The first-order valence-corrected chi connectivity index (χ1v) is 12.3. The molecular weight excluding hydrogens is 534 g/mol. The molecule has 1 saturated carbocycles. The first-order valence-electron chi connectivity index (χ1n) is 12.3. The molecule has 216 valence electrons. The quantitative estimate of drug-likeness (QED) is 0.136. The lowest BCUT2D eigenvalue weighted by atomic mass is 9.92. The van der Waals surface area contributed by atoms with Crippen molar-refractivity contribution >= 4 is 23.0 Å². The van der Waals surface area contributed by atoms with Gasteiger partial charge in [-0.05, 0) is 74.6 Å². The second-order valence-corrected chi connectivity index (χ2v) is 9.15. The Hall–Kier alpha value is -3.23. The number of nitrogens with one attached hydrogen (secondary N) is 3. The molecule has 0 unspecified atom stereocenters. The highest BCUT2D eigenvalue weighted by Crippen LogP contribution is 2.38. The maximum absolute atomic E-state index is 13.2. The summed E-state index contributed by atoms with van der Waals surface area (Å²) >= 11 is 0. The number of carbonyl (C=O) groups is 1. The van der Waals surface area contributed by atoms with E-state index in [-0.39, 0.29) is 30.3 Å². The van der Waals surface area contributed by atoms with Crippen LogP contribution < -0.4 is 21.2 Å². The minimum atomic E-state index is -4.77. The number of halogens is 6. The Labute approximate surface area is 220 Å². The van der Waals surface area contributed by atoms with Gasteiger partial charge in [0.2, 0.25) is 5.91 Å². The van der Waals surface area contributed by atoms with Gasteiger partial charge in [0, 0.05) is 30.5 Å². The molecule has 0 aliphatic heterocycles. The minimum absolute atomic E-state index is 0.109. The molecule has 3 rings (SSSR count). The predicted molar refractivity (Wildman–Crippen MR) is 131 cm³/mol. The average Bonchev–Trinajstić information content (AvgIpc) is 2.87. The molecule has 0 atom stereocenters. The van der Waals surface area contributed by atoms with Gasteiger partial charge in [0.15, 0.2) is 0 Å². The molecule has 0 heterocycles. The van der Waals surface area contributed by atoms with Crippen LogP contribution in [0.2, 0.25) is 0 Å². The van der Waals surface area contributed by atoms with E-state index in [0.717, 1.165) is 24.3 Å². The van der Waals surface area contributed by atoms with Gasteiger partial charge in [-0.15, -0.1) is 5.23 Å². The van der Waals surface area contributed by atoms with Crippen LogP contribution in [0.4, 0.5) is 43.4 Å². The van der Waals surface area contributed by atoms with Crippen molar-refractivity contribution < 1.29 is 46.3 Å². The van der Waals surface area contributed by atoms with Crippen LogP contribution in [0, 0.1) is 0 Å². The number of anilines is 3. The molecule has 8 nitrogen and oxygen atoms in total. The van der Waals surface area contributed by atoms with Crippen molar-refractivity contribution in [2.75, 3.05) is 35.6 Å². The Morgan fingerprint density at radius 2 is 1.54 bits per heavy atom. The number of hydrogen-bond donors (Lipinski definition) is 5. The Kier molecular flexibility index (Phi) is 10.3. The minimum Gasteiger partial charge on any atom is -0.385 e. The van der Waals surface area contributed by atoms with Crippen LogP contribution in [0.1, 0.15) is 43.2 Å². The zero-order valence-corrected chi connectivity index (χ0v) is 20.8. The number of nitrogens with zero attached hydrogens (tertiary/aromatic N) is 1. The van der Waals surface area contributed by atoms with Crippen molar-refractivity contribution in [2.45, 2.75) is 56.6 Å². The van der Waals surface area contributed by atoms with Crippen molar-refractivity contribution in [2.24, 2.45) is 0 Å². The molecule has 1 aliphatic rings. The highest BCUT2D eigenvalue weighted by Gasteiger charge is 2.35. The standard InChI is InChI=1S/C25H30F6N4O4/c26-24(27,28)16-2-4-17(5-3-16)32-12-1-13-33-23(36)15-39-20-9-6-18(7-10-20)34-19-8-11-22(35(37)38)21(14-19)25(29,30)31/h2-5,8,11,14,18,20,32,34,37-38H,1,6-7,9-10,12-13,15H2,(H,33,36). The van der Waals surface area contributed by atoms with Crippen LogP contribution in [-0.4, -0.2) is 48.2 Å². The van der Waals surface area contributed by atoms with E-state index in [1.165, 1.54) is 18.2 Å². The molecule has 2 aromatic rings. The van der Waals surface area contributed by atoms with E-state index in [9.17, 15) is 31.1 Å². The predicted octanol–water partition coefficient (Wildman–Crippen LogP) is 5.67. The number of amides is 1. The van der Waals surface area contributed by atoms with E-state index >= 15 is 0 Å². The maximum atomic E-state index is 13.2. The van der Waals surface area contributed by atoms with Crippen LogP contribution in [0.15, 0.2) is 42.5 Å². The Morgan fingerprint density at radius 3 is 2.13 bits per heavy atom. The molecule has 0 aromatic heterocycles. The van der Waals surface area contributed by atoms with E-state index in [2.05, 4.69) is 16.0 Å². The fraction of sp³-hybridized carbons (Fsp3) is 0.480. The van der Waals surface area contributed by atoms with Crippen molar-refractivity contribution in [3.8, 4) is 0 Å². The molecule has 14 heteroatoms. The molecule has 0 spiro atoms. The first kappa shape index (κ1) is 30.3. The zero-order valence-electron chi connectivity index (χ0n) is 20.8. The first-order chi connectivity index (χ1) is 18.3. The van der Waals surface area contributed by atoms with Crippen molar-refractivity contribution in [1.29, 1.82) is 0 Å². The van der Waals surface area contributed by atoms with Crippen LogP contribution in [0.3, 0.4) is 0 Å². The second-order valence-electron chi connectivity index (χ2n) is 9.15. The SMILES string of the molecule is O=C(COC1CCC(Nc2ccc(N(O)O)c(C(F)(F)F)c2)CC1)NCCCNc1ccc(C(F)(F)F)cc1. The summed E-state index contributed by atoms with van der Waals surface area (Å²) in [5.74, 6) is -0.300. The van der Waals surface area contributed by atoms with Gasteiger partial charge < -0.3 is 20.7 Å². The van der Waals surface area contributed by atoms with Gasteiger partial charge in [0.05, 0.1) is 17.2 Å². The summed E-state index contributed by atoms with van der Waals surface area (Å²) in [5.41, 5.74) is -1.94. The molecular formula is C25H30F6N4O4. The number of carbonyl (C=O) groups excluding carboxylic acids is 1. The largest absolute Gasteiger partial charge is 0.418 e. The summed E-state index contributed by atoms with van der Waals surface area (Å²) in [5, 5.41) is 26.2. The number of alkyl halides is 6. The molecule has 2 aromatic carbocycles. The van der Waals surface area contributed by atoms with Crippen LogP contribution >= 0.6 is 0 Å². The van der Waals surface area contributed by atoms with Gasteiger partial charge in [0.25, 0.3) is 0 Å². The normalized spacial score (nSPS) is 17.9. The van der Waals surface area contributed by atoms with Gasteiger partial charge in [0.1, 0.15) is 12.3 Å². The van der Waals surface area contributed by atoms with E-state index in [1.54, 1.807) is 0 Å². The van der Waals surface area contributed by atoms with Crippen LogP contribution in [0.25, 0.3) is 0 Å². The lowest BCUT2D eigenvalue weighted by molar-refractivity contribution is -0.139. The Balaban J connectivity index is 1.31. The topological polar surface area (TPSA) is 106 Å². The van der Waals surface area contributed by atoms with E-state index in [1.807, 2.05) is 0 Å². The van der Waals surface area contributed by atoms with Crippen molar-refractivity contribution in [3.63, 3.8) is 0 Å². The highest BCUT2D eigenvalue weighted by molar-refractivity contribution is 5.77. The van der Waals surface area contributed by atoms with Gasteiger partial charge in [-0.25, -0.2) is 0 Å². The van der Waals surface area contributed by atoms with Gasteiger partial charge in [-0.2, -0.15) is 26.3 Å². The number of rotatable bonds is 11. The monoisotopic (exact) mass is 564 g/mol. The molecule has 1 fully saturated rings. The van der Waals surface area contributed by atoms with Crippen molar-refractivity contribution in [1.82, 2.24) is 5.32 Å². The van der Waals surface area contributed by atoms with Crippen LogP contribution in [-0.2, 0) is 21.9 Å². The van der Waals surface area contributed by atoms with Crippen molar-refractivity contribution in [3.05, 3.63) is 53.6 Å². The summed E-state index contributed by atoms with van der Waals surface area (Å²) in [6.45, 7) is 0.675. The maximum Gasteiger partial charge on any atom is 0.418 e. The van der Waals surface area contributed by atoms with Crippen LogP contribution in [0.5, 0.6) is 0 Å². The molecule has 0 radical (unpaired) electrons. The third kappa shape index (κ3) is 9.48. The van der Waals surface area contributed by atoms with Gasteiger partial charge in [-0.3, -0.25) is 15.2 Å². The summed E-state index contributed by atoms with van der Waals surface area (Å²) in [6.07, 6.45) is -6.35. The molecule has 5 N–H and O–H groups in total. The average molecular weight is 565 g/mol. The lowest BCUT2D eigenvalue weighted by Gasteiger charge is -2.30. The lowest BCUT2D eigenvalue weighted by Crippen LogP contribution is -2.34. The third-order valence-corrected chi connectivity index (χ3v) is 6.23. The summed E-state index contributed by atoms with van der Waals surface area (Å²) < 4.78 is 83.1. The second kappa shape index (κ2) is 13.2. The summed E-state index contributed by atoms with van der Waals surface area (Å²) in [4.78, 5) is 12.0. The molecule has 1 aliphatic carbocycles. The van der Waals surface area contributed by atoms with Gasteiger partial charge in [-0.1, -0.05) is 0 Å². The highest BCUT2D eigenvalue weighted by atomic mass is 19.4. The summed E-state index contributed by atoms with van der Waals surface area (Å²) in [7, 11) is 0. The van der Waals surface area contributed by atoms with Gasteiger partial charge >= 0.3 is 12.4 Å². The smallest absolute Gasteiger partial charge is 0.385 e.